The molecular formula is C22H35N5O2. The number of rotatable bonds is 7. The normalized spacial score (nSPS) is 19.3. The van der Waals surface area contributed by atoms with Gasteiger partial charge in [-0.3, -0.25) is 9.69 Å². The summed E-state index contributed by atoms with van der Waals surface area (Å²) in [5.41, 5.74) is 0. The number of para-hydroxylation sites is 1. The van der Waals surface area contributed by atoms with E-state index in [1.165, 1.54) is 0 Å². The second kappa shape index (κ2) is 11.0. The minimum absolute atomic E-state index is 0.00503. The van der Waals surface area contributed by atoms with Gasteiger partial charge in [0.05, 0.1) is 13.1 Å². The van der Waals surface area contributed by atoms with Crippen molar-refractivity contribution in [2.75, 3.05) is 58.9 Å². The third kappa shape index (κ3) is 6.63. The third-order valence-electron chi connectivity index (χ3n) is 5.40. The molecule has 1 atom stereocenters. The van der Waals surface area contributed by atoms with E-state index in [0.717, 1.165) is 70.4 Å². The van der Waals surface area contributed by atoms with Crippen LogP contribution in [-0.4, -0.2) is 91.6 Å². The number of likely N-dealkylation sites (tertiary alicyclic amines) is 1. The molecule has 0 bridgehead atoms. The van der Waals surface area contributed by atoms with E-state index >= 15 is 0 Å². The van der Waals surface area contributed by atoms with Crippen molar-refractivity contribution < 1.29 is 9.53 Å². The number of piperazine rings is 1. The van der Waals surface area contributed by atoms with E-state index in [4.69, 9.17) is 9.73 Å². The predicted octanol–water partition coefficient (Wildman–Crippen LogP) is 1.66. The molecule has 0 aliphatic carbocycles. The fourth-order valence-electron chi connectivity index (χ4n) is 3.79. The molecule has 3 rings (SSSR count). The lowest BCUT2D eigenvalue weighted by Crippen LogP contribution is -2.54. The molecule has 1 N–H and O–H groups in total. The number of nitrogens with zero attached hydrogens (tertiary/aromatic N) is 4. The molecule has 1 aromatic rings. The van der Waals surface area contributed by atoms with Gasteiger partial charge in [0.1, 0.15) is 11.9 Å². The second-order valence-corrected chi connectivity index (χ2v) is 7.79. The van der Waals surface area contributed by atoms with Crippen molar-refractivity contribution in [3.63, 3.8) is 0 Å². The zero-order valence-electron chi connectivity index (χ0n) is 17.8. The van der Waals surface area contributed by atoms with Crippen molar-refractivity contribution in [3.05, 3.63) is 30.3 Å². The lowest BCUT2D eigenvalue weighted by molar-refractivity contribution is -0.131. The summed E-state index contributed by atoms with van der Waals surface area (Å²) in [4.78, 5) is 23.7. The number of carbonyl (C=O) groups excluding carboxylic acids is 1. The van der Waals surface area contributed by atoms with Crippen molar-refractivity contribution in [3.8, 4) is 5.75 Å². The van der Waals surface area contributed by atoms with Crippen LogP contribution in [0.3, 0.4) is 0 Å². The highest BCUT2D eigenvalue weighted by atomic mass is 16.5. The van der Waals surface area contributed by atoms with Gasteiger partial charge in [-0.05, 0) is 38.8 Å². The lowest BCUT2D eigenvalue weighted by atomic mass is 10.3. The molecule has 7 heteroatoms. The van der Waals surface area contributed by atoms with Gasteiger partial charge >= 0.3 is 0 Å². The van der Waals surface area contributed by atoms with Crippen LogP contribution in [0.25, 0.3) is 0 Å². The Morgan fingerprint density at radius 3 is 2.41 bits per heavy atom. The standard InChI is InChI=1S/C22H35N5O2/c1-3-23-22(24-17-19(2)29-20-9-5-4-6-10-20)27-15-13-25(14-16-27)18-21(28)26-11-7-8-12-26/h4-6,9-10,19H,3,7-8,11-18H2,1-2H3,(H,23,24). The molecule has 2 fully saturated rings. The van der Waals surface area contributed by atoms with E-state index < -0.39 is 0 Å². The highest BCUT2D eigenvalue weighted by Crippen LogP contribution is 2.12. The summed E-state index contributed by atoms with van der Waals surface area (Å²) in [6.07, 6.45) is 2.30. The summed E-state index contributed by atoms with van der Waals surface area (Å²) < 4.78 is 5.94. The number of benzene rings is 1. The van der Waals surface area contributed by atoms with Gasteiger partial charge in [-0.1, -0.05) is 18.2 Å². The van der Waals surface area contributed by atoms with Crippen molar-refractivity contribution in [2.45, 2.75) is 32.8 Å². The Bertz CT molecular complexity index is 652. The van der Waals surface area contributed by atoms with Gasteiger partial charge < -0.3 is 19.9 Å². The predicted molar refractivity (Wildman–Crippen MR) is 116 cm³/mol. The Hall–Kier alpha value is -2.28. The van der Waals surface area contributed by atoms with E-state index in [-0.39, 0.29) is 12.0 Å². The Kier molecular flexibility index (Phi) is 8.16. The molecule has 160 valence electrons. The van der Waals surface area contributed by atoms with Crippen molar-refractivity contribution in [1.82, 2.24) is 20.0 Å². The molecule has 1 amide bonds. The van der Waals surface area contributed by atoms with E-state index in [1.54, 1.807) is 0 Å². The summed E-state index contributed by atoms with van der Waals surface area (Å²) in [5.74, 6) is 2.08. The number of hydrogen-bond acceptors (Lipinski definition) is 4. The maximum atomic E-state index is 12.4. The molecule has 0 spiro atoms. The summed E-state index contributed by atoms with van der Waals surface area (Å²) in [5, 5.41) is 3.40. The van der Waals surface area contributed by atoms with Gasteiger partial charge in [0, 0.05) is 45.8 Å². The molecule has 0 saturated carbocycles. The van der Waals surface area contributed by atoms with Crippen LogP contribution in [0.1, 0.15) is 26.7 Å². The fourth-order valence-corrected chi connectivity index (χ4v) is 3.79. The Labute approximate surface area is 174 Å². The lowest BCUT2D eigenvalue weighted by Gasteiger charge is -2.36. The molecular weight excluding hydrogens is 366 g/mol. The molecule has 0 radical (unpaired) electrons. The molecule has 1 unspecified atom stereocenters. The number of amides is 1. The number of guanidine groups is 1. The highest BCUT2D eigenvalue weighted by molar-refractivity contribution is 5.80. The fraction of sp³-hybridized carbons (Fsp3) is 0.636. The van der Waals surface area contributed by atoms with Gasteiger partial charge in [0.15, 0.2) is 5.96 Å². The molecule has 29 heavy (non-hydrogen) atoms. The minimum Gasteiger partial charge on any atom is -0.489 e. The number of ether oxygens (including phenoxy) is 1. The first kappa shape index (κ1) is 21.4. The largest absolute Gasteiger partial charge is 0.489 e. The van der Waals surface area contributed by atoms with E-state index in [9.17, 15) is 4.79 Å². The summed E-state index contributed by atoms with van der Waals surface area (Å²) in [7, 11) is 0. The van der Waals surface area contributed by atoms with E-state index in [1.807, 2.05) is 42.2 Å². The molecule has 2 saturated heterocycles. The summed E-state index contributed by atoms with van der Waals surface area (Å²) in [6.45, 7) is 11.5. The number of nitrogens with one attached hydrogen (secondary N) is 1. The number of hydrogen-bond donors (Lipinski definition) is 1. The first-order chi connectivity index (χ1) is 14.2. The SMILES string of the molecule is CCNC(=NCC(C)Oc1ccccc1)N1CCN(CC(=O)N2CCCC2)CC1. The van der Waals surface area contributed by atoms with Crippen LogP contribution in [0.15, 0.2) is 35.3 Å². The first-order valence-corrected chi connectivity index (χ1v) is 10.9. The topological polar surface area (TPSA) is 60.4 Å². The van der Waals surface area contributed by atoms with Gasteiger partial charge in [-0.25, -0.2) is 4.99 Å². The molecule has 2 aliphatic heterocycles. The van der Waals surface area contributed by atoms with Gasteiger partial charge in [-0.15, -0.1) is 0 Å². The summed E-state index contributed by atoms with van der Waals surface area (Å²) in [6, 6.07) is 9.87. The minimum atomic E-state index is 0.00503. The molecule has 0 aromatic heterocycles. The third-order valence-corrected chi connectivity index (χ3v) is 5.40. The van der Waals surface area contributed by atoms with Crippen LogP contribution in [-0.2, 0) is 4.79 Å². The smallest absolute Gasteiger partial charge is 0.236 e. The van der Waals surface area contributed by atoms with Gasteiger partial charge in [0.2, 0.25) is 5.91 Å². The average Bonchev–Trinajstić information content (AvgIpc) is 3.28. The first-order valence-electron chi connectivity index (χ1n) is 10.9. The van der Waals surface area contributed by atoms with Gasteiger partial charge in [-0.2, -0.15) is 0 Å². The molecule has 2 aliphatic rings. The van der Waals surface area contributed by atoms with Gasteiger partial charge in [0.25, 0.3) is 0 Å². The average molecular weight is 402 g/mol. The zero-order valence-corrected chi connectivity index (χ0v) is 17.8. The quantitative estimate of drug-likeness (QED) is 0.556. The van der Waals surface area contributed by atoms with Crippen molar-refractivity contribution in [1.29, 1.82) is 0 Å². The van der Waals surface area contributed by atoms with E-state index in [0.29, 0.717) is 13.1 Å². The van der Waals surface area contributed by atoms with Crippen LogP contribution >= 0.6 is 0 Å². The maximum absolute atomic E-state index is 12.4. The second-order valence-electron chi connectivity index (χ2n) is 7.79. The molecule has 1 aromatic carbocycles. The van der Waals surface area contributed by atoms with Crippen LogP contribution in [0, 0.1) is 0 Å². The van der Waals surface area contributed by atoms with Crippen LogP contribution in [0.2, 0.25) is 0 Å². The number of carbonyl (C=O) groups is 1. The Balaban J connectivity index is 1.46. The molecule has 2 heterocycles. The highest BCUT2D eigenvalue weighted by Gasteiger charge is 2.24. The van der Waals surface area contributed by atoms with Crippen molar-refractivity contribution in [2.24, 2.45) is 4.99 Å². The van der Waals surface area contributed by atoms with Crippen molar-refractivity contribution >= 4 is 11.9 Å². The van der Waals surface area contributed by atoms with Crippen LogP contribution in [0.4, 0.5) is 0 Å². The van der Waals surface area contributed by atoms with Crippen LogP contribution < -0.4 is 10.1 Å². The van der Waals surface area contributed by atoms with E-state index in [2.05, 4.69) is 22.0 Å². The molecule has 7 nitrogen and oxygen atoms in total. The van der Waals surface area contributed by atoms with Crippen LogP contribution in [0.5, 0.6) is 5.75 Å². The Morgan fingerprint density at radius 1 is 1.07 bits per heavy atom. The number of aliphatic imine (C=N–C) groups is 1. The zero-order chi connectivity index (χ0) is 20.5. The monoisotopic (exact) mass is 401 g/mol. The Morgan fingerprint density at radius 2 is 1.76 bits per heavy atom. The maximum Gasteiger partial charge on any atom is 0.236 e. The summed E-state index contributed by atoms with van der Waals surface area (Å²) >= 11 is 0.